The van der Waals surface area contributed by atoms with Gasteiger partial charge in [0.2, 0.25) is 0 Å². The Labute approximate surface area is 359 Å². The number of ether oxygens (including phenoxy) is 2. The summed E-state index contributed by atoms with van der Waals surface area (Å²) >= 11 is 0. The van der Waals surface area contributed by atoms with Crippen molar-refractivity contribution in [1.29, 1.82) is 0 Å². The second-order valence-corrected chi connectivity index (χ2v) is 14.6. The van der Waals surface area contributed by atoms with E-state index in [4.69, 9.17) is 9.47 Å². The summed E-state index contributed by atoms with van der Waals surface area (Å²) in [5.41, 5.74) is 2.72. The zero-order valence-corrected chi connectivity index (χ0v) is 36.3. The maximum absolute atomic E-state index is 12.5. The molecule has 1 amide bonds. The molecular formula is C30H23N2Na3O13S3. The fraction of sp³-hybridized carbons (Fsp3) is 0.167. The standard InChI is InChI=1S/C30H26N2O13S3.3Na/c1-3-16(2)30(34)45-18-6-4-17(5-7-18)14-31-32-27(33)15-44-23-12-24(46(35,36)37)20-10-11-22-26(48(41,42)43)13-25(47(38,39)40)21-9-8-19(23)28(20)29(21)22;;;/h4-14,16H,3,15H2,1-2H3,(H,32,33)(H,35,36,37)(H,38,39,40)(H,41,42,43);;;/q;3*+1/p-3/b31-14-;;;. The molecular weight excluding hydrogens is 762 g/mol. The number of hydrazone groups is 1. The van der Waals surface area contributed by atoms with Crippen LogP contribution in [0.2, 0.25) is 0 Å². The number of nitrogens with one attached hydrogen (secondary N) is 1. The van der Waals surface area contributed by atoms with Crippen LogP contribution in [0.1, 0.15) is 25.8 Å². The maximum Gasteiger partial charge on any atom is 1.00 e. The SMILES string of the molecule is CCC(C)C(=O)Oc1ccc(/C=N\NC(=O)COc2cc(S(=O)(=O)[O-])c3ccc4c(S(=O)(=O)[O-])cc(S(=O)(=O)[O-])c5ccc2c3c54)cc1.[Na+].[Na+].[Na+]. The van der Waals surface area contributed by atoms with Crippen molar-refractivity contribution in [3.63, 3.8) is 0 Å². The Bertz CT molecular complexity index is 2420. The Morgan fingerprint density at radius 2 is 1.20 bits per heavy atom. The molecule has 0 aliphatic heterocycles. The summed E-state index contributed by atoms with van der Waals surface area (Å²) in [7, 11) is -16.0. The quantitative estimate of drug-likeness (QED) is 0.0249. The molecule has 0 fully saturated rings. The molecule has 0 aromatic heterocycles. The topological polar surface area (TPSA) is 249 Å². The van der Waals surface area contributed by atoms with Crippen molar-refractivity contribution in [2.45, 2.75) is 35.0 Å². The zero-order valence-electron chi connectivity index (χ0n) is 27.8. The van der Waals surface area contributed by atoms with Gasteiger partial charge in [0.25, 0.3) is 5.91 Å². The van der Waals surface area contributed by atoms with Crippen LogP contribution in [0.3, 0.4) is 0 Å². The van der Waals surface area contributed by atoms with Crippen LogP contribution in [0.25, 0.3) is 32.3 Å². The van der Waals surface area contributed by atoms with E-state index in [1.54, 1.807) is 19.1 Å². The van der Waals surface area contributed by atoms with E-state index in [2.05, 4.69) is 10.5 Å². The molecule has 252 valence electrons. The molecule has 0 saturated heterocycles. The maximum atomic E-state index is 12.5. The first kappa shape index (κ1) is 45.4. The third-order valence-corrected chi connectivity index (χ3v) is 10.1. The summed E-state index contributed by atoms with van der Waals surface area (Å²) in [6, 6.07) is 11.9. The van der Waals surface area contributed by atoms with E-state index in [1.165, 1.54) is 24.4 Å². The van der Waals surface area contributed by atoms with E-state index in [1.807, 2.05) is 6.92 Å². The van der Waals surface area contributed by atoms with Gasteiger partial charge in [0.15, 0.2) is 6.61 Å². The number of amides is 1. The van der Waals surface area contributed by atoms with Crippen LogP contribution in [0, 0.1) is 5.92 Å². The normalized spacial score (nSPS) is 12.6. The zero-order chi connectivity index (χ0) is 35.2. The first-order valence-electron chi connectivity index (χ1n) is 13.8. The van der Waals surface area contributed by atoms with Gasteiger partial charge in [-0.1, -0.05) is 32.0 Å². The van der Waals surface area contributed by atoms with Crippen LogP contribution < -0.4 is 104 Å². The minimum Gasteiger partial charge on any atom is -0.744 e. The third kappa shape index (κ3) is 10.1. The van der Waals surface area contributed by atoms with Crippen LogP contribution >= 0.6 is 0 Å². The van der Waals surface area contributed by atoms with Crippen molar-refractivity contribution in [3.8, 4) is 11.5 Å². The average Bonchev–Trinajstić information content (AvgIpc) is 3.01. The van der Waals surface area contributed by atoms with Gasteiger partial charge in [0, 0.05) is 32.3 Å². The molecule has 1 atom stereocenters. The van der Waals surface area contributed by atoms with Crippen molar-refractivity contribution in [2.24, 2.45) is 11.0 Å². The van der Waals surface area contributed by atoms with Crippen LogP contribution in [-0.4, -0.2) is 63.6 Å². The number of hydrogen-bond donors (Lipinski definition) is 1. The van der Waals surface area contributed by atoms with E-state index < -0.39 is 57.6 Å². The van der Waals surface area contributed by atoms with Crippen LogP contribution in [-0.2, 0) is 39.9 Å². The second kappa shape index (κ2) is 17.6. The summed E-state index contributed by atoms with van der Waals surface area (Å²) in [5.74, 6) is -1.51. The molecule has 0 aliphatic rings. The Morgan fingerprint density at radius 1 is 0.745 bits per heavy atom. The number of carbonyl (C=O) groups excluding carboxylic acids is 2. The van der Waals surface area contributed by atoms with Crippen molar-refractivity contribution in [3.05, 3.63) is 66.2 Å². The van der Waals surface area contributed by atoms with Gasteiger partial charge >= 0.3 is 94.6 Å². The largest absolute Gasteiger partial charge is 1.00 e. The Balaban J connectivity index is 0.00000300. The van der Waals surface area contributed by atoms with Crippen LogP contribution in [0.15, 0.2) is 80.5 Å². The number of benzene rings is 5. The molecule has 5 aromatic rings. The van der Waals surface area contributed by atoms with Gasteiger partial charge in [-0.25, -0.2) is 30.7 Å². The number of rotatable bonds is 11. The molecule has 0 bridgehead atoms. The fourth-order valence-electron chi connectivity index (χ4n) is 4.97. The van der Waals surface area contributed by atoms with Gasteiger partial charge in [0.1, 0.15) is 41.9 Å². The molecule has 5 aromatic carbocycles. The van der Waals surface area contributed by atoms with Crippen molar-refractivity contribution >= 4 is 80.8 Å². The minimum atomic E-state index is -5.37. The van der Waals surface area contributed by atoms with Gasteiger partial charge in [-0.15, -0.1) is 0 Å². The van der Waals surface area contributed by atoms with E-state index in [9.17, 15) is 48.5 Å². The van der Waals surface area contributed by atoms with Crippen molar-refractivity contribution in [1.82, 2.24) is 5.43 Å². The van der Waals surface area contributed by atoms with Gasteiger partial charge < -0.3 is 23.1 Å². The molecule has 0 spiro atoms. The monoisotopic (exact) mass is 784 g/mol. The van der Waals surface area contributed by atoms with E-state index >= 15 is 0 Å². The Morgan fingerprint density at radius 3 is 1.67 bits per heavy atom. The number of esters is 1. The molecule has 15 nitrogen and oxygen atoms in total. The smallest absolute Gasteiger partial charge is 0.744 e. The van der Waals surface area contributed by atoms with Crippen molar-refractivity contribution < 1.29 is 147 Å². The molecule has 21 heteroatoms. The Hall–Kier alpha value is -1.72. The summed E-state index contributed by atoms with van der Waals surface area (Å²) < 4.78 is 120. The van der Waals surface area contributed by atoms with Gasteiger partial charge in [-0.05, 0) is 54.4 Å². The average molecular weight is 785 g/mol. The first-order valence-corrected chi connectivity index (χ1v) is 18.0. The van der Waals surface area contributed by atoms with Crippen LogP contribution in [0.4, 0.5) is 0 Å². The predicted molar refractivity (Wildman–Crippen MR) is 167 cm³/mol. The van der Waals surface area contributed by atoms with Crippen LogP contribution in [0.5, 0.6) is 11.5 Å². The molecule has 1 unspecified atom stereocenters. The van der Waals surface area contributed by atoms with Gasteiger partial charge in [0.05, 0.1) is 26.8 Å². The number of nitrogens with zero attached hydrogens (tertiary/aromatic N) is 1. The van der Waals surface area contributed by atoms with Gasteiger partial charge in [-0.2, -0.15) is 5.10 Å². The fourth-order valence-corrected chi connectivity index (χ4v) is 7.13. The van der Waals surface area contributed by atoms with E-state index in [0.29, 0.717) is 23.8 Å². The third-order valence-electron chi connectivity index (χ3n) is 7.43. The second-order valence-electron chi connectivity index (χ2n) is 10.6. The summed E-state index contributed by atoms with van der Waals surface area (Å²) in [4.78, 5) is 21.5. The number of hydrogen-bond acceptors (Lipinski definition) is 14. The number of carbonyl (C=O) groups is 2. The first-order chi connectivity index (χ1) is 22.4. The van der Waals surface area contributed by atoms with Crippen molar-refractivity contribution in [2.75, 3.05) is 6.61 Å². The van der Waals surface area contributed by atoms with E-state index in [-0.39, 0.29) is 139 Å². The predicted octanol–water partition coefficient (Wildman–Crippen LogP) is -6.21. The Kier molecular flexibility index (Phi) is 15.7. The van der Waals surface area contributed by atoms with E-state index in [0.717, 1.165) is 24.3 Å². The molecule has 0 heterocycles. The summed E-state index contributed by atoms with van der Waals surface area (Å²) in [6.07, 6.45) is 1.90. The summed E-state index contributed by atoms with van der Waals surface area (Å²) in [5, 5.41) is 2.33. The molecule has 0 aliphatic carbocycles. The minimum absolute atomic E-state index is 0. The molecule has 0 radical (unpaired) electrons. The molecule has 0 saturated carbocycles. The molecule has 51 heavy (non-hydrogen) atoms. The molecule has 1 N–H and O–H groups in total. The molecule has 5 rings (SSSR count). The van der Waals surface area contributed by atoms with Gasteiger partial charge in [-0.3, -0.25) is 9.59 Å². The summed E-state index contributed by atoms with van der Waals surface area (Å²) in [6.45, 7) is 2.82.